The summed E-state index contributed by atoms with van der Waals surface area (Å²) in [7, 11) is 0. The van der Waals surface area contributed by atoms with E-state index in [-0.39, 0.29) is 24.5 Å². The predicted octanol–water partition coefficient (Wildman–Crippen LogP) is 3.32. The number of urea groups is 1. The third-order valence-electron chi connectivity index (χ3n) is 5.81. The van der Waals surface area contributed by atoms with E-state index in [0.29, 0.717) is 25.6 Å². The summed E-state index contributed by atoms with van der Waals surface area (Å²) in [4.78, 5) is 28.5. The molecule has 0 radical (unpaired) electrons. The van der Waals surface area contributed by atoms with Crippen molar-refractivity contribution < 1.29 is 9.59 Å². The van der Waals surface area contributed by atoms with Gasteiger partial charge >= 0.3 is 6.03 Å². The molecule has 1 aliphatic carbocycles. The highest BCUT2D eigenvalue weighted by Gasteiger charge is 2.29. The van der Waals surface area contributed by atoms with Crippen LogP contribution in [0.2, 0.25) is 0 Å². The van der Waals surface area contributed by atoms with Gasteiger partial charge in [-0.1, -0.05) is 49.1 Å². The summed E-state index contributed by atoms with van der Waals surface area (Å²) < 4.78 is 0. The van der Waals surface area contributed by atoms with Crippen molar-refractivity contribution in [2.45, 2.75) is 58.5 Å². The largest absolute Gasteiger partial charge is 0.335 e. The summed E-state index contributed by atoms with van der Waals surface area (Å²) >= 11 is 0. The van der Waals surface area contributed by atoms with Gasteiger partial charge in [-0.15, -0.1) is 0 Å². The standard InChI is InChI=1S/C21H31N3O2/c1-16-8-10-18(11-9-16)14-23-12-13-24(15-20(23)25)21(26)22-17(2)19-6-4-3-5-7-19/h8-11,17,19H,3-7,12-15H2,1-2H3,(H,22,26)/t17-/m0/s1. The molecule has 1 aliphatic heterocycles. The number of carbonyl (C=O) groups excluding carboxylic acids is 2. The van der Waals surface area contributed by atoms with E-state index < -0.39 is 0 Å². The number of aryl methyl sites for hydroxylation is 1. The molecule has 2 fully saturated rings. The summed E-state index contributed by atoms with van der Waals surface area (Å²) in [5.74, 6) is 0.600. The summed E-state index contributed by atoms with van der Waals surface area (Å²) in [5.41, 5.74) is 2.35. The smallest absolute Gasteiger partial charge is 0.318 e. The van der Waals surface area contributed by atoms with Crippen molar-refractivity contribution in [2.24, 2.45) is 5.92 Å². The molecule has 1 aromatic rings. The Labute approximate surface area is 156 Å². The molecule has 1 saturated carbocycles. The van der Waals surface area contributed by atoms with Crippen molar-refractivity contribution in [3.05, 3.63) is 35.4 Å². The van der Waals surface area contributed by atoms with Gasteiger partial charge < -0.3 is 15.1 Å². The van der Waals surface area contributed by atoms with Gasteiger partial charge in [0.05, 0.1) is 0 Å². The maximum atomic E-state index is 12.5. The van der Waals surface area contributed by atoms with E-state index in [9.17, 15) is 9.59 Å². The first-order chi connectivity index (χ1) is 12.5. The van der Waals surface area contributed by atoms with Gasteiger partial charge in [-0.3, -0.25) is 4.79 Å². The van der Waals surface area contributed by atoms with E-state index in [2.05, 4.69) is 43.4 Å². The number of amides is 3. The lowest BCUT2D eigenvalue weighted by Crippen LogP contribution is -2.56. The molecular formula is C21H31N3O2. The molecule has 0 aromatic heterocycles. The van der Waals surface area contributed by atoms with Crippen LogP contribution in [0.15, 0.2) is 24.3 Å². The highest BCUT2D eigenvalue weighted by atomic mass is 16.2. The van der Waals surface area contributed by atoms with E-state index in [4.69, 9.17) is 0 Å². The number of hydrogen-bond donors (Lipinski definition) is 1. The molecule has 1 aromatic carbocycles. The number of nitrogens with zero attached hydrogens (tertiary/aromatic N) is 2. The second kappa shape index (κ2) is 8.56. The fraction of sp³-hybridized carbons (Fsp3) is 0.619. The first-order valence-electron chi connectivity index (χ1n) is 9.91. The van der Waals surface area contributed by atoms with Crippen LogP contribution in [0.5, 0.6) is 0 Å². The second-order valence-electron chi connectivity index (χ2n) is 7.86. The van der Waals surface area contributed by atoms with E-state index in [1.54, 1.807) is 4.90 Å². The van der Waals surface area contributed by atoms with Gasteiger partial charge in [0.1, 0.15) is 6.54 Å². The zero-order valence-electron chi connectivity index (χ0n) is 16.0. The second-order valence-corrected chi connectivity index (χ2v) is 7.86. The Hall–Kier alpha value is -2.04. The first-order valence-corrected chi connectivity index (χ1v) is 9.91. The van der Waals surface area contributed by atoms with Crippen LogP contribution in [-0.2, 0) is 11.3 Å². The minimum absolute atomic E-state index is 0.0253. The van der Waals surface area contributed by atoms with Crippen LogP contribution < -0.4 is 5.32 Å². The Morgan fingerprint density at radius 1 is 1.15 bits per heavy atom. The van der Waals surface area contributed by atoms with Crippen molar-refractivity contribution in [2.75, 3.05) is 19.6 Å². The molecule has 142 valence electrons. The van der Waals surface area contributed by atoms with Crippen molar-refractivity contribution in [3.8, 4) is 0 Å². The molecule has 3 amide bonds. The van der Waals surface area contributed by atoms with Crippen molar-refractivity contribution in [1.82, 2.24) is 15.1 Å². The Morgan fingerprint density at radius 2 is 1.85 bits per heavy atom. The lowest BCUT2D eigenvalue weighted by molar-refractivity contribution is -0.135. The molecule has 1 atom stereocenters. The number of rotatable bonds is 4. The van der Waals surface area contributed by atoms with Crippen LogP contribution >= 0.6 is 0 Å². The SMILES string of the molecule is Cc1ccc(CN2CCN(C(=O)N[C@@H](C)C3CCCCC3)CC2=O)cc1. The maximum absolute atomic E-state index is 12.5. The Bertz CT molecular complexity index is 623. The van der Waals surface area contributed by atoms with Crippen LogP contribution in [0.4, 0.5) is 4.79 Å². The molecule has 0 bridgehead atoms. The molecule has 0 spiro atoms. The third-order valence-corrected chi connectivity index (χ3v) is 5.81. The number of carbonyl (C=O) groups is 2. The normalized spacial score (nSPS) is 20.2. The fourth-order valence-electron chi connectivity index (χ4n) is 4.00. The van der Waals surface area contributed by atoms with Gasteiger partial charge in [-0.25, -0.2) is 4.79 Å². The maximum Gasteiger partial charge on any atom is 0.318 e. The third kappa shape index (κ3) is 4.77. The molecule has 0 unspecified atom stereocenters. The Balaban J connectivity index is 1.48. The Morgan fingerprint density at radius 3 is 2.50 bits per heavy atom. The van der Waals surface area contributed by atoms with Gasteiger partial charge in [0.25, 0.3) is 0 Å². The highest BCUT2D eigenvalue weighted by Crippen LogP contribution is 2.26. The number of benzene rings is 1. The zero-order chi connectivity index (χ0) is 18.5. The molecule has 1 heterocycles. The molecule has 5 nitrogen and oxygen atoms in total. The lowest BCUT2D eigenvalue weighted by atomic mass is 9.84. The van der Waals surface area contributed by atoms with Crippen LogP contribution in [0.25, 0.3) is 0 Å². The molecular weight excluding hydrogens is 326 g/mol. The van der Waals surface area contributed by atoms with Gasteiger partial charge in [0.2, 0.25) is 5.91 Å². The van der Waals surface area contributed by atoms with Gasteiger partial charge in [-0.05, 0) is 38.2 Å². The molecule has 1 saturated heterocycles. The van der Waals surface area contributed by atoms with Crippen molar-refractivity contribution in [3.63, 3.8) is 0 Å². The molecule has 5 heteroatoms. The van der Waals surface area contributed by atoms with E-state index >= 15 is 0 Å². The Kier molecular flexibility index (Phi) is 6.17. The van der Waals surface area contributed by atoms with Crippen LogP contribution in [0.3, 0.4) is 0 Å². The van der Waals surface area contributed by atoms with Gasteiger partial charge in [-0.2, -0.15) is 0 Å². The van der Waals surface area contributed by atoms with Crippen molar-refractivity contribution >= 4 is 11.9 Å². The predicted molar refractivity (Wildman–Crippen MR) is 103 cm³/mol. The van der Waals surface area contributed by atoms with E-state index in [0.717, 1.165) is 5.56 Å². The quantitative estimate of drug-likeness (QED) is 0.899. The van der Waals surface area contributed by atoms with E-state index in [1.165, 1.54) is 37.7 Å². The molecule has 2 aliphatic rings. The zero-order valence-corrected chi connectivity index (χ0v) is 16.0. The fourth-order valence-corrected chi connectivity index (χ4v) is 4.00. The van der Waals surface area contributed by atoms with Gasteiger partial charge in [0.15, 0.2) is 0 Å². The minimum atomic E-state index is -0.0913. The molecule has 3 rings (SSSR count). The summed E-state index contributed by atoms with van der Waals surface area (Å²) in [6, 6.07) is 8.35. The average Bonchev–Trinajstić information content (AvgIpc) is 2.65. The van der Waals surface area contributed by atoms with Crippen LogP contribution in [-0.4, -0.2) is 47.4 Å². The minimum Gasteiger partial charge on any atom is -0.335 e. The van der Waals surface area contributed by atoms with Crippen LogP contribution in [0, 0.1) is 12.8 Å². The lowest BCUT2D eigenvalue weighted by Gasteiger charge is -2.36. The summed E-state index contributed by atoms with van der Waals surface area (Å²) in [6.07, 6.45) is 6.24. The van der Waals surface area contributed by atoms with Crippen LogP contribution in [0.1, 0.15) is 50.2 Å². The molecule has 1 N–H and O–H groups in total. The molecule has 26 heavy (non-hydrogen) atoms. The number of nitrogens with one attached hydrogen (secondary N) is 1. The van der Waals surface area contributed by atoms with Crippen molar-refractivity contribution in [1.29, 1.82) is 0 Å². The monoisotopic (exact) mass is 357 g/mol. The van der Waals surface area contributed by atoms with E-state index in [1.807, 2.05) is 4.90 Å². The first kappa shape index (κ1) is 18.7. The van der Waals surface area contributed by atoms with Gasteiger partial charge in [0, 0.05) is 25.7 Å². The summed E-state index contributed by atoms with van der Waals surface area (Å²) in [5, 5.41) is 3.13. The summed E-state index contributed by atoms with van der Waals surface area (Å²) in [6.45, 7) is 6.14. The number of hydrogen-bond acceptors (Lipinski definition) is 2. The topological polar surface area (TPSA) is 52.6 Å². The number of piperazine rings is 1. The average molecular weight is 357 g/mol. The highest BCUT2D eigenvalue weighted by molar-refractivity contribution is 5.85.